The van der Waals surface area contributed by atoms with E-state index in [-0.39, 0.29) is 23.5 Å². The fraction of sp³-hybridized carbons (Fsp3) is 0.606. The number of rotatable bonds is 7. The van der Waals surface area contributed by atoms with Gasteiger partial charge in [0.1, 0.15) is 6.04 Å². The molecule has 3 saturated carbocycles. The zero-order valence-electron chi connectivity index (χ0n) is 24.4. The van der Waals surface area contributed by atoms with Crippen LogP contribution in [0.2, 0.25) is 0 Å². The fourth-order valence-corrected chi connectivity index (χ4v) is 8.88. The van der Waals surface area contributed by atoms with E-state index in [4.69, 9.17) is 9.57 Å². The van der Waals surface area contributed by atoms with Gasteiger partial charge in [-0.3, -0.25) is 4.79 Å². The topological polar surface area (TPSA) is 113 Å². The number of fused-ring (bicyclic) bond motifs is 6. The van der Waals surface area contributed by atoms with Gasteiger partial charge in [0.15, 0.2) is 6.61 Å². The van der Waals surface area contributed by atoms with Crippen LogP contribution in [0.3, 0.4) is 0 Å². The number of carbonyl (C=O) groups excluding carboxylic acids is 2. The van der Waals surface area contributed by atoms with E-state index >= 15 is 0 Å². The van der Waals surface area contributed by atoms with Gasteiger partial charge in [0, 0.05) is 23.5 Å². The van der Waals surface area contributed by atoms with Crippen LogP contribution >= 0.6 is 0 Å². The molecule has 2 aromatic rings. The van der Waals surface area contributed by atoms with Crippen molar-refractivity contribution in [1.82, 2.24) is 10.3 Å². The fourth-order valence-electron chi connectivity index (χ4n) is 8.88. The molecule has 0 saturated heterocycles. The van der Waals surface area contributed by atoms with Gasteiger partial charge in [-0.2, -0.15) is 0 Å². The average Bonchev–Trinajstić information content (AvgIpc) is 3.52. The Morgan fingerprint density at radius 3 is 2.78 bits per heavy atom. The molecule has 0 bridgehead atoms. The minimum Gasteiger partial charge on any atom is -0.467 e. The van der Waals surface area contributed by atoms with Crippen molar-refractivity contribution in [3.63, 3.8) is 0 Å². The molecule has 41 heavy (non-hydrogen) atoms. The van der Waals surface area contributed by atoms with Gasteiger partial charge in [0.05, 0.1) is 18.9 Å². The molecular formula is C33H43N3O5. The van der Waals surface area contributed by atoms with Crippen LogP contribution < -0.4 is 5.32 Å². The van der Waals surface area contributed by atoms with E-state index in [1.54, 1.807) is 0 Å². The Morgan fingerprint density at radius 1 is 1.12 bits per heavy atom. The van der Waals surface area contributed by atoms with E-state index in [1.807, 2.05) is 30.5 Å². The third kappa shape index (κ3) is 4.98. The van der Waals surface area contributed by atoms with Gasteiger partial charge in [-0.15, -0.1) is 0 Å². The number of para-hydroxylation sites is 1. The summed E-state index contributed by atoms with van der Waals surface area (Å²) in [5, 5.41) is 18.8. The van der Waals surface area contributed by atoms with Crippen LogP contribution in [0, 0.1) is 28.6 Å². The van der Waals surface area contributed by atoms with Gasteiger partial charge in [-0.05, 0) is 97.7 Å². The molecule has 7 atom stereocenters. The monoisotopic (exact) mass is 561 g/mol. The van der Waals surface area contributed by atoms with E-state index in [0.29, 0.717) is 24.2 Å². The molecule has 8 nitrogen and oxygen atoms in total. The van der Waals surface area contributed by atoms with Crippen molar-refractivity contribution in [3.05, 3.63) is 47.7 Å². The lowest BCUT2D eigenvalue weighted by Crippen LogP contribution is -2.51. The number of oxime groups is 1. The molecule has 6 rings (SSSR count). The molecule has 220 valence electrons. The van der Waals surface area contributed by atoms with Gasteiger partial charge >= 0.3 is 5.97 Å². The van der Waals surface area contributed by atoms with Crippen molar-refractivity contribution in [2.24, 2.45) is 33.7 Å². The zero-order valence-corrected chi connectivity index (χ0v) is 24.4. The lowest BCUT2D eigenvalue weighted by molar-refractivity contribution is -0.145. The number of ether oxygens (including phenoxy) is 1. The quantitative estimate of drug-likeness (QED) is 0.323. The highest BCUT2D eigenvalue weighted by Gasteiger charge is 2.58. The van der Waals surface area contributed by atoms with Gasteiger partial charge in [0.25, 0.3) is 5.91 Å². The highest BCUT2D eigenvalue weighted by Crippen LogP contribution is 2.65. The molecule has 7 unspecified atom stereocenters. The Bertz CT molecular complexity index is 1380. The molecule has 0 aliphatic heterocycles. The smallest absolute Gasteiger partial charge is 0.328 e. The summed E-state index contributed by atoms with van der Waals surface area (Å²) in [6.07, 6.45) is 12.8. The molecule has 1 heterocycles. The Hall–Kier alpha value is -3.13. The van der Waals surface area contributed by atoms with Crippen LogP contribution in [-0.4, -0.2) is 53.5 Å². The molecule has 8 heteroatoms. The van der Waals surface area contributed by atoms with Crippen LogP contribution in [0.4, 0.5) is 0 Å². The average molecular weight is 562 g/mol. The number of H-pyrrole nitrogens is 1. The van der Waals surface area contributed by atoms with Gasteiger partial charge < -0.3 is 25.0 Å². The molecule has 3 N–H and O–H groups in total. The van der Waals surface area contributed by atoms with Gasteiger partial charge in [-0.1, -0.05) is 42.8 Å². The largest absolute Gasteiger partial charge is 0.467 e. The summed E-state index contributed by atoms with van der Waals surface area (Å²) < 4.78 is 4.95. The molecule has 3 fully saturated rings. The second-order valence-electron chi connectivity index (χ2n) is 13.2. The van der Waals surface area contributed by atoms with Crippen molar-refractivity contribution in [2.45, 2.75) is 83.8 Å². The van der Waals surface area contributed by atoms with Crippen molar-refractivity contribution < 1.29 is 24.3 Å². The lowest BCUT2D eigenvalue weighted by atomic mass is 9.47. The molecular weight excluding hydrogens is 518 g/mol. The van der Waals surface area contributed by atoms with Crippen LogP contribution in [0.15, 0.2) is 47.3 Å². The summed E-state index contributed by atoms with van der Waals surface area (Å²) in [5.41, 5.74) is 4.51. The molecule has 4 aliphatic carbocycles. The Labute approximate surface area is 241 Å². The molecule has 0 radical (unpaired) electrons. The number of hydrogen-bond donors (Lipinski definition) is 3. The number of aromatic amines is 1. The van der Waals surface area contributed by atoms with Crippen molar-refractivity contribution >= 4 is 28.5 Å². The minimum atomic E-state index is -0.825. The summed E-state index contributed by atoms with van der Waals surface area (Å²) in [7, 11) is 1.32. The first kappa shape index (κ1) is 28.0. The summed E-state index contributed by atoms with van der Waals surface area (Å²) in [4.78, 5) is 33.9. The number of aliphatic hydroxyl groups excluding tert-OH is 1. The van der Waals surface area contributed by atoms with Crippen LogP contribution in [0.1, 0.15) is 70.8 Å². The minimum absolute atomic E-state index is 0.0940. The van der Waals surface area contributed by atoms with E-state index in [2.05, 4.69) is 35.4 Å². The van der Waals surface area contributed by atoms with E-state index in [0.717, 1.165) is 60.7 Å². The van der Waals surface area contributed by atoms with Gasteiger partial charge in [-0.25, -0.2) is 4.79 Å². The molecule has 1 aromatic carbocycles. The Balaban J connectivity index is 1.07. The SMILES string of the molecule is COC(=O)C(Cc1c[nH]c2ccccc12)NC(=O)CON=C1C=C2CCC3C(CCC4(C)C(O)CCC34)C2(C)CC1. The maximum absolute atomic E-state index is 12.7. The van der Waals surface area contributed by atoms with Crippen molar-refractivity contribution in [1.29, 1.82) is 0 Å². The maximum atomic E-state index is 12.7. The molecule has 1 amide bonds. The van der Waals surface area contributed by atoms with Crippen LogP contribution in [-0.2, 0) is 25.6 Å². The number of benzene rings is 1. The number of hydrogen-bond acceptors (Lipinski definition) is 6. The predicted octanol–water partition coefficient (Wildman–Crippen LogP) is 5.06. The van der Waals surface area contributed by atoms with E-state index in [9.17, 15) is 14.7 Å². The van der Waals surface area contributed by atoms with E-state index in [1.165, 1.54) is 25.5 Å². The second kappa shape index (κ2) is 10.9. The summed E-state index contributed by atoms with van der Waals surface area (Å²) >= 11 is 0. The van der Waals surface area contributed by atoms with E-state index < -0.39 is 17.9 Å². The maximum Gasteiger partial charge on any atom is 0.328 e. The predicted molar refractivity (Wildman–Crippen MR) is 157 cm³/mol. The number of nitrogens with one attached hydrogen (secondary N) is 2. The number of nitrogens with zero attached hydrogens (tertiary/aromatic N) is 1. The van der Waals surface area contributed by atoms with Crippen LogP contribution in [0.25, 0.3) is 10.9 Å². The standard InChI is InChI=1S/C33H43N3O5/c1-32-14-12-22(17-21(32)8-9-24-25-10-11-29(37)33(25,2)15-13-26(24)32)36-41-19-30(38)35-28(31(39)40-3)16-20-18-34-27-7-5-4-6-23(20)27/h4-7,17-18,24-26,28-29,34,37H,8-16,19H2,1-3H3,(H,35,38). The first-order chi connectivity index (χ1) is 19.7. The number of methoxy groups -OCH3 is 1. The Morgan fingerprint density at radius 2 is 1.95 bits per heavy atom. The summed E-state index contributed by atoms with van der Waals surface area (Å²) in [5.74, 6) is 1.07. The normalized spacial score (nSPS) is 34.2. The molecule has 4 aliphatic rings. The number of carbonyl (C=O) groups is 2. The number of aliphatic hydroxyl groups is 1. The van der Waals surface area contributed by atoms with Crippen molar-refractivity contribution in [3.8, 4) is 0 Å². The number of aromatic nitrogens is 1. The Kier molecular flexibility index (Phi) is 7.47. The second-order valence-corrected chi connectivity index (χ2v) is 13.2. The number of allylic oxidation sites excluding steroid dienone is 2. The lowest BCUT2D eigenvalue weighted by Gasteiger charge is -2.57. The molecule has 0 spiro atoms. The summed E-state index contributed by atoms with van der Waals surface area (Å²) in [6.45, 7) is 4.50. The first-order valence-corrected chi connectivity index (χ1v) is 15.2. The highest BCUT2D eigenvalue weighted by atomic mass is 16.6. The van der Waals surface area contributed by atoms with Crippen LogP contribution in [0.5, 0.6) is 0 Å². The van der Waals surface area contributed by atoms with Crippen molar-refractivity contribution in [2.75, 3.05) is 13.7 Å². The summed E-state index contributed by atoms with van der Waals surface area (Å²) in [6, 6.07) is 7.02. The molecule has 1 aromatic heterocycles. The third-order valence-corrected chi connectivity index (χ3v) is 11.2. The highest BCUT2D eigenvalue weighted by molar-refractivity contribution is 5.96. The number of esters is 1. The zero-order chi connectivity index (χ0) is 28.8. The van der Waals surface area contributed by atoms with Gasteiger partial charge in [0.2, 0.25) is 0 Å². The third-order valence-electron chi connectivity index (χ3n) is 11.2. The number of amides is 1. The first-order valence-electron chi connectivity index (χ1n) is 15.2.